The first-order valence-corrected chi connectivity index (χ1v) is 8.20. The number of halogens is 2. The van der Waals surface area contributed by atoms with Crippen molar-refractivity contribution in [2.24, 2.45) is 5.73 Å². The number of hydrogen-bond acceptors (Lipinski definition) is 4. The maximum atomic E-state index is 12.2. The number of alkyl halides is 2. The van der Waals surface area contributed by atoms with E-state index in [9.17, 15) is 13.6 Å². The minimum absolute atomic E-state index is 0.123. The standard InChI is InChI=1S/C20H18F2N2O3/c1-12-15(10-18(26-12)19(23)25)11-24-16-6-2-13(3-7-16)14-4-8-17(9-5-14)27-20(21)22/h2-10,20,24H,11H2,1H3,(H2,23,25). The Morgan fingerprint density at radius 1 is 1.11 bits per heavy atom. The molecule has 0 aliphatic heterocycles. The predicted molar refractivity (Wildman–Crippen MR) is 97.8 cm³/mol. The molecule has 27 heavy (non-hydrogen) atoms. The summed E-state index contributed by atoms with van der Waals surface area (Å²) in [4.78, 5) is 11.1. The fraction of sp³-hybridized carbons (Fsp3) is 0.150. The van der Waals surface area contributed by atoms with Crippen molar-refractivity contribution in [2.45, 2.75) is 20.1 Å². The lowest BCUT2D eigenvalue weighted by Gasteiger charge is -2.08. The van der Waals surface area contributed by atoms with Crippen molar-refractivity contribution in [3.63, 3.8) is 0 Å². The molecule has 0 saturated heterocycles. The summed E-state index contributed by atoms with van der Waals surface area (Å²) in [5, 5.41) is 3.25. The summed E-state index contributed by atoms with van der Waals surface area (Å²) in [6.07, 6.45) is 0. The molecule has 0 radical (unpaired) electrons. The van der Waals surface area contributed by atoms with Crippen LogP contribution in [0.15, 0.2) is 59.0 Å². The molecule has 7 heteroatoms. The Morgan fingerprint density at radius 2 is 1.70 bits per heavy atom. The molecule has 0 aliphatic rings. The molecular weight excluding hydrogens is 354 g/mol. The fourth-order valence-corrected chi connectivity index (χ4v) is 2.62. The summed E-state index contributed by atoms with van der Waals surface area (Å²) in [6.45, 7) is -0.575. The molecule has 0 spiro atoms. The lowest BCUT2D eigenvalue weighted by molar-refractivity contribution is -0.0498. The smallest absolute Gasteiger partial charge is 0.387 e. The van der Waals surface area contributed by atoms with Crippen molar-refractivity contribution >= 4 is 11.6 Å². The van der Waals surface area contributed by atoms with E-state index in [-0.39, 0.29) is 11.5 Å². The number of carbonyl (C=O) groups is 1. The third-order valence-electron chi connectivity index (χ3n) is 4.04. The van der Waals surface area contributed by atoms with E-state index >= 15 is 0 Å². The normalized spacial score (nSPS) is 10.8. The Morgan fingerprint density at radius 3 is 2.22 bits per heavy atom. The van der Waals surface area contributed by atoms with Crippen LogP contribution < -0.4 is 15.8 Å². The number of furan rings is 1. The lowest BCUT2D eigenvalue weighted by atomic mass is 10.1. The fourth-order valence-electron chi connectivity index (χ4n) is 2.62. The van der Waals surface area contributed by atoms with E-state index in [0.717, 1.165) is 22.4 Å². The van der Waals surface area contributed by atoms with Crippen LogP contribution in [-0.2, 0) is 6.54 Å². The number of aryl methyl sites for hydroxylation is 1. The zero-order chi connectivity index (χ0) is 19.4. The topological polar surface area (TPSA) is 77.5 Å². The van der Waals surface area contributed by atoms with Crippen LogP contribution in [0.5, 0.6) is 5.75 Å². The number of carbonyl (C=O) groups excluding carboxylic acids is 1. The van der Waals surface area contributed by atoms with E-state index in [1.807, 2.05) is 24.3 Å². The van der Waals surface area contributed by atoms with Crippen molar-refractivity contribution in [1.82, 2.24) is 0 Å². The molecular formula is C20H18F2N2O3. The molecule has 0 aliphatic carbocycles. The number of primary amides is 1. The molecule has 1 amide bonds. The largest absolute Gasteiger partial charge is 0.456 e. The number of anilines is 1. The van der Waals surface area contributed by atoms with Gasteiger partial charge < -0.3 is 20.2 Å². The molecule has 1 heterocycles. The van der Waals surface area contributed by atoms with Gasteiger partial charge in [0.15, 0.2) is 5.76 Å². The molecule has 1 aromatic heterocycles. The first-order valence-electron chi connectivity index (χ1n) is 8.20. The number of ether oxygens (including phenoxy) is 1. The molecule has 0 bridgehead atoms. The molecule has 3 N–H and O–H groups in total. The summed E-state index contributed by atoms with van der Waals surface area (Å²) in [6, 6.07) is 15.7. The lowest BCUT2D eigenvalue weighted by Crippen LogP contribution is -2.09. The summed E-state index contributed by atoms with van der Waals surface area (Å²) in [5.41, 5.74) is 8.78. The van der Waals surface area contributed by atoms with Crippen LogP contribution in [0, 0.1) is 6.92 Å². The van der Waals surface area contributed by atoms with Gasteiger partial charge in [0.25, 0.3) is 5.91 Å². The number of amides is 1. The summed E-state index contributed by atoms with van der Waals surface area (Å²) >= 11 is 0. The van der Waals surface area contributed by atoms with Gasteiger partial charge in [-0.05, 0) is 48.4 Å². The van der Waals surface area contributed by atoms with Gasteiger partial charge in [-0.15, -0.1) is 0 Å². The third-order valence-corrected chi connectivity index (χ3v) is 4.04. The number of hydrogen-bond donors (Lipinski definition) is 2. The van der Waals surface area contributed by atoms with E-state index in [1.54, 1.807) is 25.1 Å². The molecule has 0 saturated carbocycles. The first kappa shape index (κ1) is 18.4. The summed E-state index contributed by atoms with van der Waals surface area (Å²) in [7, 11) is 0. The average molecular weight is 372 g/mol. The van der Waals surface area contributed by atoms with Gasteiger partial charge in [0.05, 0.1) is 0 Å². The Kier molecular flexibility index (Phi) is 5.40. The SMILES string of the molecule is Cc1oc(C(N)=O)cc1CNc1ccc(-c2ccc(OC(F)F)cc2)cc1. The Hall–Kier alpha value is -3.35. The van der Waals surface area contributed by atoms with Crippen LogP contribution in [-0.4, -0.2) is 12.5 Å². The van der Waals surface area contributed by atoms with Gasteiger partial charge in [0.1, 0.15) is 11.5 Å². The van der Waals surface area contributed by atoms with E-state index in [2.05, 4.69) is 10.1 Å². The van der Waals surface area contributed by atoms with Crippen molar-refractivity contribution in [2.75, 3.05) is 5.32 Å². The van der Waals surface area contributed by atoms with Gasteiger partial charge in [-0.25, -0.2) is 0 Å². The van der Waals surface area contributed by atoms with E-state index in [1.165, 1.54) is 12.1 Å². The molecule has 2 aromatic carbocycles. The van der Waals surface area contributed by atoms with Crippen LogP contribution in [0.3, 0.4) is 0 Å². The van der Waals surface area contributed by atoms with E-state index < -0.39 is 12.5 Å². The minimum atomic E-state index is -2.83. The minimum Gasteiger partial charge on any atom is -0.456 e. The van der Waals surface area contributed by atoms with Gasteiger partial charge >= 0.3 is 6.61 Å². The molecule has 3 rings (SSSR count). The second-order valence-corrected chi connectivity index (χ2v) is 5.89. The molecule has 5 nitrogen and oxygen atoms in total. The van der Waals surface area contributed by atoms with Crippen molar-refractivity contribution in [3.8, 4) is 16.9 Å². The Bertz CT molecular complexity index is 919. The highest BCUT2D eigenvalue weighted by molar-refractivity contribution is 5.90. The number of nitrogens with one attached hydrogen (secondary N) is 1. The van der Waals surface area contributed by atoms with Crippen LogP contribution in [0.1, 0.15) is 21.9 Å². The molecule has 0 fully saturated rings. The van der Waals surface area contributed by atoms with Crippen LogP contribution in [0.25, 0.3) is 11.1 Å². The number of nitrogens with two attached hydrogens (primary N) is 1. The van der Waals surface area contributed by atoms with Gasteiger partial charge in [-0.2, -0.15) is 8.78 Å². The molecule has 0 unspecified atom stereocenters. The zero-order valence-corrected chi connectivity index (χ0v) is 14.5. The van der Waals surface area contributed by atoms with E-state index in [4.69, 9.17) is 10.2 Å². The summed E-state index contributed by atoms with van der Waals surface area (Å²) in [5.74, 6) is 0.300. The predicted octanol–water partition coefficient (Wildman–Crippen LogP) is 4.57. The summed E-state index contributed by atoms with van der Waals surface area (Å²) < 4.78 is 34.0. The maximum Gasteiger partial charge on any atom is 0.387 e. The van der Waals surface area contributed by atoms with Gasteiger partial charge in [-0.3, -0.25) is 4.79 Å². The highest BCUT2D eigenvalue weighted by Crippen LogP contribution is 2.25. The van der Waals surface area contributed by atoms with Crippen molar-refractivity contribution in [1.29, 1.82) is 0 Å². The molecule has 3 aromatic rings. The van der Waals surface area contributed by atoms with Gasteiger partial charge in [0, 0.05) is 17.8 Å². The van der Waals surface area contributed by atoms with Crippen molar-refractivity contribution < 1.29 is 22.7 Å². The first-order chi connectivity index (χ1) is 12.9. The Labute approximate surface area is 154 Å². The van der Waals surface area contributed by atoms with Crippen LogP contribution in [0.2, 0.25) is 0 Å². The van der Waals surface area contributed by atoms with Gasteiger partial charge in [0.2, 0.25) is 0 Å². The highest BCUT2D eigenvalue weighted by Gasteiger charge is 2.11. The molecule has 140 valence electrons. The van der Waals surface area contributed by atoms with Crippen LogP contribution >= 0.6 is 0 Å². The monoisotopic (exact) mass is 372 g/mol. The van der Waals surface area contributed by atoms with Crippen molar-refractivity contribution in [3.05, 3.63) is 71.7 Å². The Balaban J connectivity index is 1.64. The third kappa shape index (κ3) is 4.63. The number of benzene rings is 2. The zero-order valence-electron chi connectivity index (χ0n) is 14.5. The van der Waals surface area contributed by atoms with Gasteiger partial charge in [-0.1, -0.05) is 24.3 Å². The number of rotatable bonds is 7. The average Bonchev–Trinajstić information content (AvgIpc) is 3.02. The highest BCUT2D eigenvalue weighted by atomic mass is 19.3. The van der Waals surface area contributed by atoms with Crippen LogP contribution in [0.4, 0.5) is 14.5 Å². The quantitative estimate of drug-likeness (QED) is 0.637. The molecule has 0 atom stereocenters. The second-order valence-electron chi connectivity index (χ2n) is 5.89. The second kappa shape index (κ2) is 7.90. The maximum absolute atomic E-state index is 12.2. The van der Waals surface area contributed by atoms with E-state index in [0.29, 0.717) is 12.3 Å².